The molecule has 1 heterocycles. The van der Waals surface area contributed by atoms with Crippen LogP contribution in [0.1, 0.15) is 30.9 Å². The Hall–Kier alpha value is -3.20. The minimum atomic E-state index is -0.249. The molecule has 3 fully saturated rings. The van der Waals surface area contributed by atoms with E-state index in [1.54, 1.807) is 6.21 Å². The molecule has 3 aromatic carbocycles. The third-order valence-electron chi connectivity index (χ3n) is 8.74. The highest BCUT2D eigenvalue weighted by molar-refractivity contribution is 14.1. The fourth-order valence-corrected chi connectivity index (χ4v) is 7.72. The topological polar surface area (TPSA) is 68.2 Å². The molecule has 3 aromatic rings. The van der Waals surface area contributed by atoms with Gasteiger partial charge in [-0.1, -0.05) is 54.6 Å². The molecule has 1 saturated heterocycles. The third kappa shape index (κ3) is 3.54. The molecule has 0 N–H and O–H groups in total. The summed E-state index contributed by atoms with van der Waals surface area (Å²) in [6.07, 6.45) is 8.17. The quantitative estimate of drug-likeness (QED) is 0.142. The molecule has 7 heteroatoms. The number of ether oxygens (including phenoxy) is 2. The number of hydrazone groups is 1. The van der Waals surface area contributed by atoms with Crippen LogP contribution < -0.4 is 9.47 Å². The fourth-order valence-electron chi connectivity index (χ4n) is 6.93. The molecule has 6 nitrogen and oxygen atoms in total. The summed E-state index contributed by atoms with van der Waals surface area (Å²) in [5.41, 5.74) is 2.02. The number of hydrogen-bond donors (Lipinski definition) is 0. The maximum Gasteiger partial charge on any atom is 0.254 e. The van der Waals surface area contributed by atoms with Crippen LogP contribution in [0, 0.1) is 32.7 Å². The van der Waals surface area contributed by atoms with Gasteiger partial charge in [-0.2, -0.15) is 10.1 Å². The van der Waals surface area contributed by atoms with Crippen molar-refractivity contribution in [1.29, 1.82) is 0 Å². The van der Waals surface area contributed by atoms with E-state index in [9.17, 15) is 9.59 Å². The molecule has 38 heavy (non-hydrogen) atoms. The first-order valence-electron chi connectivity index (χ1n) is 13.2. The van der Waals surface area contributed by atoms with Crippen molar-refractivity contribution in [3.8, 4) is 11.5 Å². The van der Waals surface area contributed by atoms with Crippen molar-refractivity contribution >= 4 is 51.4 Å². The molecule has 4 atom stereocenters. The number of rotatable bonds is 7. The zero-order valence-corrected chi connectivity index (χ0v) is 23.1. The second-order valence-electron chi connectivity index (χ2n) is 10.6. The molecule has 1 spiro atoms. The zero-order chi connectivity index (χ0) is 26.0. The molecular weight excluding hydrogens is 591 g/mol. The van der Waals surface area contributed by atoms with Gasteiger partial charge >= 0.3 is 0 Å². The Labute approximate surface area is 234 Å². The van der Waals surface area contributed by atoms with Crippen LogP contribution in [0.25, 0.3) is 10.8 Å². The number of allylic oxidation sites excluding steroid dienone is 2. The number of fused-ring (bicyclic) bond motifs is 4. The van der Waals surface area contributed by atoms with Crippen molar-refractivity contribution in [3.05, 3.63) is 81.4 Å². The number of carbonyl (C=O) groups excluding carboxylic acids is 2. The number of halogens is 1. The van der Waals surface area contributed by atoms with Gasteiger partial charge in [0.25, 0.3) is 11.8 Å². The van der Waals surface area contributed by atoms with Gasteiger partial charge in [0.1, 0.15) is 6.61 Å². The van der Waals surface area contributed by atoms with Gasteiger partial charge in [-0.3, -0.25) is 9.59 Å². The van der Waals surface area contributed by atoms with E-state index in [2.05, 4.69) is 64.1 Å². The summed E-state index contributed by atoms with van der Waals surface area (Å²) in [7, 11) is 0. The average Bonchev–Trinajstić information content (AvgIpc) is 3.52. The van der Waals surface area contributed by atoms with Crippen molar-refractivity contribution in [3.63, 3.8) is 0 Å². The monoisotopic (exact) mass is 618 g/mol. The molecule has 1 aliphatic heterocycles. The zero-order valence-electron chi connectivity index (χ0n) is 21.0. The highest BCUT2D eigenvalue weighted by Gasteiger charge is 2.73. The molecule has 2 bridgehead atoms. The summed E-state index contributed by atoms with van der Waals surface area (Å²) < 4.78 is 13.1. The Bertz CT molecular complexity index is 1500. The summed E-state index contributed by atoms with van der Waals surface area (Å²) in [5, 5.41) is 7.82. The average molecular weight is 618 g/mol. The van der Waals surface area contributed by atoms with E-state index in [1.165, 1.54) is 5.39 Å². The molecule has 0 aromatic heterocycles. The van der Waals surface area contributed by atoms with Crippen LogP contribution in [0.3, 0.4) is 0 Å². The van der Waals surface area contributed by atoms with Crippen LogP contribution in [0.5, 0.6) is 11.5 Å². The highest BCUT2D eigenvalue weighted by Crippen LogP contribution is 2.73. The minimum Gasteiger partial charge on any atom is -0.490 e. The standard InChI is InChI=1S/C31H27IN2O4/c1-2-37-25-15-18(14-24(32)28(25)38-17-20-8-5-7-19-6-3-4-9-21(19)20)16-33-34-29(35)26-22-10-11-23(27(26)30(34)36)31(22)12-13-31/h3-11,14-16,22-23,26-27H,2,12-13,17H2,1H3/b33-16-/t22-,23-,26+,27+/m1/s1. The minimum absolute atomic E-state index is 0.158. The second kappa shape index (κ2) is 8.93. The van der Waals surface area contributed by atoms with Gasteiger partial charge in [0.15, 0.2) is 11.5 Å². The van der Waals surface area contributed by atoms with Gasteiger partial charge in [-0.15, -0.1) is 0 Å². The fraction of sp³-hybridized carbons (Fsp3) is 0.323. The largest absolute Gasteiger partial charge is 0.490 e. The number of hydrogen-bond acceptors (Lipinski definition) is 5. The molecule has 3 aliphatic carbocycles. The lowest BCUT2D eigenvalue weighted by Crippen LogP contribution is -2.30. The normalized spacial score (nSPS) is 26.2. The Kier molecular flexibility index (Phi) is 5.61. The van der Waals surface area contributed by atoms with Crippen molar-refractivity contribution in [2.75, 3.05) is 6.61 Å². The van der Waals surface area contributed by atoms with Crippen LogP contribution in [0.15, 0.2) is 71.9 Å². The molecule has 0 radical (unpaired) electrons. The molecule has 4 aliphatic rings. The van der Waals surface area contributed by atoms with Crippen LogP contribution in [0.2, 0.25) is 0 Å². The van der Waals surface area contributed by atoms with E-state index >= 15 is 0 Å². The van der Waals surface area contributed by atoms with Crippen molar-refractivity contribution in [1.82, 2.24) is 5.01 Å². The third-order valence-corrected chi connectivity index (χ3v) is 9.54. The summed E-state index contributed by atoms with van der Waals surface area (Å²) in [6.45, 7) is 2.81. The molecule has 2 saturated carbocycles. The smallest absolute Gasteiger partial charge is 0.254 e. The van der Waals surface area contributed by atoms with Crippen LogP contribution in [-0.4, -0.2) is 29.6 Å². The van der Waals surface area contributed by atoms with Gasteiger partial charge in [0.2, 0.25) is 0 Å². The summed E-state index contributed by atoms with van der Waals surface area (Å²) in [5.74, 6) is 0.842. The Morgan fingerprint density at radius 2 is 1.71 bits per heavy atom. The van der Waals surface area contributed by atoms with E-state index in [1.807, 2.05) is 37.3 Å². The van der Waals surface area contributed by atoms with Crippen LogP contribution in [0.4, 0.5) is 0 Å². The Balaban J connectivity index is 1.12. The number of carbonyl (C=O) groups is 2. The lowest BCUT2D eigenvalue weighted by atomic mass is 9.85. The predicted molar refractivity (Wildman–Crippen MR) is 153 cm³/mol. The van der Waals surface area contributed by atoms with E-state index in [-0.39, 0.29) is 40.9 Å². The first kappa shape index (κ1) is 23.9. The number of nitrogens with zero attached hydrogens (tertiary/aromatic N) is 2. The van der Waals surface area contributed by atoms with Gasteiger partial charge in [-0.05, 0) is 93.6 Å². The SMILES string of the molecule is CCOc1cc(/C=N\N2C(=O)[C@@H]3[C@@H](C2=O)[C@H]2C=C[C@H]3C23CC3)cc(I)c1OCc1cccc2ccccc12. The van der Waals surface area contributed by atoms with E-state index in [4.69, 9.17) is 9.47 Å². The maximum atomic E-state index is 13.2. The van der Waals surface area contributed by atoms with E-state index in [0.717, 1.165) is 37.9 Å². The Morgan fingerprint density at radius 1 is 1.00 bits per heavy atom. The van der Waals surface area contributed by atoms with Crippen LogP contribution >= 0.6 is 22.6 Å². The van der Waals surface area contributed by atoms with Gasteiger partial charge in [-0.25, -0.2) is 0 Å². The van der Waals surface area contributed by atoms with Gasteiger partial charge < -0.3 is 9.47 Å². The second-order valence-corrected chi connectivity index (χ2v) is 11.8. The summed E-state index contributed by atoms with van der Waals surface area (Å²) in [6, 6.07) is 18.2. The van der Waals surface area contributed by atoms with Crippen molar-refractivity contribution in [2.45, 2.75) is 26.4 Å². The molecule has 0 unspecified atom stereocenters. The number of imide groups is 1. The summed E-state index contributed by atoms with van der Waals surface area (Å²) in [4.78, 5) is 26.5. The number of benzene rings is 3. The van der Waals surface area contributed by atoms with Crippen molar-refractivity contribution in [2.24, 2.45) is 34.2 Å². The first-order chi connectivity index (χ1) is 18.5. The van der Waals surface area contributed by atoms with Gasteiger partial charge in [0.05, 0.1) is 28.2 Å². The number of amides is 2. The lowest BCUT2D eigenvalue weighted by Gasteiger charge is -2.18. The highest BCUT2D eigenvalue weighted by atomic mass is 127. The van der Waals surface area contributed by atoms with Crippen LogP contribution in [-0.2, 0) is 16.2 Å². The molecule has 2 amide bonds. The predicted octanol–water partition coefficient (Wildman–Crippen LogP) is 5.95. The molecule has 192 valence electrons. The van der Waals surface area contributed by atoms with E-state index in [0.29, 0.717) is 24.7 Å². The van der Waals surface area contributed by atoms with Crippen molar-refractivity contribution < 1.29 is 19.1 Å². The molecule has 7 rings (SSSR count). The van der Waals surface area contributed by atoms with E-state index < -0.39 is 0 Å². The lowest BCUT2D eigenvalue weighted by molar-refractivity contribution is -0.141. The molecular formula is C31H27IN2O4. The Morgan fingerprint density at radius 3 is 2.42 bits per heavy atom. The van der Waals surface area contributed by atoms with Gasteiger partial charge in [0, 0.05) is 0 Å². The summed E-state index contributed by atoms with van der Waals surface area (Å²) >= 11 is 2.23. The maximum absolute atomic E-state index is 13.2. The first-order valence-corrected chi connectivity index (χ1v) is 14.3.